The number of aryl methyl sites for hydroxylation is 1. The highest BCUT2D eigenvalue weighted by Gasteiger charge is 2.14. The quantitative estimate of drug-likeness (QED) is 0.359. The predicted octanol–water partition coefficient (Wildman–Crippen LogP) is 5.93. The SMILES string of the molecule is COc1cccc(NC(=O)Nc2ccc(Nc3cc(NC4CCCCC4)nc(C)n3)cc2)c1. The van der Waals surface area contributed by atoms with Crippen LogP contribution in [0.3, 0.4) is 0 Å². The Bertz CT molecular complexity index is 1080. The van der Waals surface area contributed by atoms with Crippen LogP contribution in [-0.4, -0.2) is 29.2 Å². The highest BCUT2D eigenvalue weighted by atomic mass is 16.5. The van der Waals surface area contributed by atoms with Gasteiger partial charge in [0.1, 0.15) is 23.2 Å². The molecule has 0 aliphatic heterocycles. The molecule has 1 heterocycles. The number of nitrogens with zero attached hydrogens (tertiary/aromatic N) is 2. The van der Waals surface area contributed by atoms with Gasteiger partial charge in [0, 0.05) is 35.2 Å². The first-order chi connectivity index (χ1) is 16.1. The average molecular weight is 447 g/mol. The summed E-state index contributed by atoms with van der Waals surface area (Å²) in [4.78, 5) is 21.3. The zero-order valence-electron chi connectivity index (χ0n) is 19.0. The molecule has 0 spiro atoms. The highest BCUT2D eigenvalue weighted by Crippen LogP contribution is 2.24. The van der Waals surface area contributed by atoms with E-state index in [1.54, 1.807) is 19.2 Å². The van der Waals surface area contributed by atoms with Gasteiger partial charge in [-0.15, -0.1) is 0 Å². The summed E-state index contributed by atoms with van der Waals surface area (Å²) in [6.45, 7) is 1.89. The Kier molecular flexibility index (Phi) is 7.24. The summed E-state index contributed by atoms with van der Waals surface area (Å²) in [5.74, 6) is 2.98. The molecular formula is C25H30N6O2. The summed E-state index contributed by atoms with van der Waals surface area (Å²) >= 11 is 0. The van der Waals surface area contributed by atoms with E-state index in [1.165, 1.54) is 32.1 Å². The lowest BCUT2D eigenvalue weighted by molar-refractivity contribution is 0.262. The van der Waals surface area contributed by atoms with Gasteiger partial charge in [0.05, 0.1) is 7.11 Å². The van der Waals surface area contributed by atoms with E-state index in [0.29, 0.717) is 29.0 Å². The Hall–Kier alpha value is -3.81. The van der Waals surface area contributed by atoms with E-state index in [4.69, 9.17) is 4.74 Å². The van der Waals surface area contributed by atoms with Crippen molar-refractivity contribution in [3.05, 3.63) is 60.4 Å². The fourth-order valence-corrected chi connectivity index (χ4v) is 3.94. The number of benzene rings is 2. The molecule has 3 aromatic rings. The van der Waals surface area contributed by atoms with Gasteiger partial charge in [-0.1, -0.05) is 25.3 Å². The maximum atomic E-state index is 12.3. The van der Waals surface area contributed by atoms with E-state index in [0.717, 1.165) is 17.3 Å². The maximum Gasteiger partial charge on any atom is 0.323 e. The van der Waals surface area contributed by atoms with E-state index in [2.05, 4.69) is 31.2 Å². The number of nitrogens with one attached hydrogen (secondary N) is 4. The Morgan fingerprint density at radius 3 is 2.33 bits per heavy atom. The van der Waals surface area contributed by atoms with Crippen molar-refractivity contribution in [3.8, 4) is 5.75 Å². The maximum absolute atomic E-state index is 12.3. The zero-order valence-corrected chi connectivity index (χ0v) is 19.0. The number of ether oxygens (including phenoxy) is 1. The average Bonchev–Trinajstić information content (AvgIpc) is 2.81. The van der Waals surface area contributed by atoms with Crippen molar-refractivity contribution in [2.75, 3.05) is 28.4 Å². The molecule has 0 radical (unpaired) electrons. The van der Waals surface area contributed by atoms with Gasteiger partial charge in [-0.2, -0.15) is 0 Å². The van der Waals surface area contributed by atoms with Crippen LogP contribution in [0.5, 0.6) is 5.75 Å². The molecule has 1 saturated carbocycles. The number of methoxy groups -OCH3 is 1. The van der Waals surface area contributed by atoms with E-state index in [-0.39, 0.29) is 6.03 Å². The summed E-state index contributed by atoms with van der Waals surface area (Å²) in [6, 6.07) is 16.8. The molecule has 0 unspecified atom stereocenters. The van der Waals surface area contributed by atoms with Crippen molar-refractivity contribution in [2.45, 2.75) is 45.1 Å². The van der Waals surface area contributed by atoms with Crippen LogP contribution in [0.25, 0.3) is 0 Å². The lowest BCUT2D eigenvalue weighted by Crippen LogP contribution is -2.23. The number of amides is 2. The molecule has 172 valence electrons. The first-order valence-electron chi connectivity index (χ1n) is 11.3. The normalized spacial score (nSPS) is 13.8. The third-order valence-electron chi connectivity index (χ3n) is 5.54. The molecule has 4 rings (SSSR count). The van der Waals surface area contributed by atoms with Gasteiger partial charge < -0.3 is 26.0 Å². The third-order valence-corrected chi connectivity index (χ3v) is 5.54. The summed E-state index contributed by atoms with van der Waals surface area (Å²) < 4.78 is 5.18. The van der Waals surface area contributed by atoms with Gasteiger partial charge in [0.25, 0.3) is 0 Å². The molecule has 4 N–H and O–H groups in total. The molecule has 1 fully saturated rings. The molecule has 8 nitrogen and oxygen atoms in total. The third kappa shape index (κ3) is 6.58. The number of aromatic nitrogens is 2. The summed E-state index contributed by atoms with van der Waals surface area (Å²) in [6.07, 6.45) is 6.23. The number of hydrogen-bond donors (Lipinski definition) is 4. The fraction of sp³-hybridized carbons (Fsp3) is 0.320. The number of hydrogen-bond acceptors (Lipinski definition) is 6. The minimum atomic E-state index is -0.325. The van der Waals surface area contributed by atoms with Gasteiger partial charge in [-0.3, -0.25) is 0 Å². The van der Waals surface area contributed by atoms with Crippen LogP contribution in [0.4, 0.5) is 33.5 Å². The number of carbonyl (C=O) groups is 1. The van der Waals surface area contributed by atoms with Crippen molar-refractivity contribution >= 4 is 34.7 Å². The van der Waals surface area contributed by atoms with Crippen molar-refractivity contribution in [2.24, 2.45) is 0 Å². The molecule has 0 bridgehead atoms. The van der Waals surface area contributed by atoms with Crippen LogP contribution in [0.1, 0.15) is 37.9 Å². The molecule has 0 saturated heterocycles. The topological polar surface area (TPSA) is 100 Å². The molecule has 2 aromatic carbocycles. The molecule has 0 atom stereocenters. The Labute approximate surface area is 194 Å². The van der Waals surface area contributed by atoms with Gasteiger partial charge in [0.2, 0.25) is 0 Å². The van der Waals surface area contributed by atoms with Crippen LogP contribution < -0.4 is 26.0 Å². The summed E-state index contributed by atoms with van der Waals surface area (Å²) in [7, 11) is 1.59. The van der Waals surface area contributed by atoms with Crippen LogP contribution in [0.15, 0.2) is 54.6 Å². The van der Waals surface area contributed by atoms with E-state index >= 15 is 0 Å². The first kappa shape index (κ1) is 22.4. The number of urea groups is 1. The second-order valence-electron chi connectivity index (χ2n) is 8.18. The number of anilines is 5. The first-order valence-corrected chi connectivity index (χ1v) is 11.3. The number of rotatable bonds is 7. The van der Waals surface area contributed by atoms with Crippen molar-refractivity contribution < 1.29 is 9.53 Å². The summed E-state index contributed by atoms with van der Waals surface area (Å²) in [5.41, 5.74) is 2.21. The van der Waals surface area contributed by atoms with Gasteiger partial charge in [-0.25, -0.2) is 14.8 Å². The smallest absolute Gasteiger partial charge is 0.323 e. The van der Waals surface area contributed by atoms with Crippen molar-refractivity contribution in [3.63, 3.8) is 0 Å². The molecule has 1 aliphatic carbocycles. The van der Waals surface area contributed by atoms with Crippen LogP contribution in [0, 0.1) is 6.92 Å². The van der Waals surface area contributed by atoms with Gasteiger partial charge in [-0.05, 0) is 56.2 Å². The van der Waals surface area contributed by atoms with E-state index in [1.807, 2.05) is 49.4 Å². The second kappa shape index (κ2) is 10.7. The van der Waals surface area contributed by atoms with Gasteiger partial charge in [0.15, 0.2) is 0 Å². The Balaban J connectivity index is 1.34. The van der Waals surface area contributed by atoms with Crippen LogP contribution in [0.2, 0.25) is 0 Å². The largest absolute Gasteiger partial charge is 0.497 e. The number of carbonyl (C=O) groups excluding carboxylic acids is 1. The lowest BCUT2D eigenvalue weighted by Gasteiger charge is -2.23. The minimum absolute atomic E-state index is 0.325. The Morgan fingerprint density at radius 1 is 0.879 bits per heavy atom. The summed E-state index contributed by atoms with van der Waals surface area (Å²) in [5, 5.41) is 12.5. The second-order valence-corrected chi connectivity index (χ2v) is 8.18. The molecule has 33 heavy (non-hydrogen) atoms. The Morgan fingerprint density at radius 2 is 1.58 bits per heavy atom. The van der Waals surface area contributed by atoms with E-state index < -0.39 is 0 Å². The van der Waals surface area contributed by atoms with Gasteiger partial charge >= 0.3 is 6.03 Å². The molecular weight excluding hydrogens is 416 g/mol. The van der Waals surface area contributed by atoms with Crippen LogP contribution in [-0.2, 0) is 0 Å². The molecule has 2 amide bonds. The zero-order chi connectivity index (χ0) is 23.0. The molecule has 1 aromatic heterocycles. The monoisotopic (exact) mass is 446 g/mol. The molecule has 1 aliphatic rings. The fourth-order valence-electron chi connectivity index (χ4n) is 3.94. The molecule has 8 heteroatoms. The van der Waals surface area contributed by atoms with Crippen molar-refractivity contribution in [1.29, 1.82) is 0 Å². The predicted molar refractivity (Wildman–Crippen MR) is 133 cm³/mol. The lowest BCUT2D eigenvalue weighted by atomic mass is 9.95. The minimum Gasteiger partial charge on any atom is -0.497 e. The van der Waals surface area contributed by atoms with Crippen LogP contribution >= 0.6 is 0 Å². The van der Waals surface area contributed by atoms with E-state index in [9.17, 15) is 4.79 Å². The standard InChI is InChI=1S/C25H30N6O2/c1-17-26-23(28-18-7-4-3-5-8-18)16-24(27-17)29-19-11-13-20(14-12-19)30-25(32)31-21-9-6-10-22(15-21)33-2/h6,9-16,18H,3-5,7-8H2,1-2H3,(H2,30,31,32)(H2,26,27,28,29). The van der Waals surface area contributed by atoms with Crippen molar-refractivity contribution in [1.82, 2.24) is 9.97 Å². The highest BCUT2D eigenvalue weighted by molar-refractivity contribution is 5.99.